The van der Waals surface area contributed by atoms with Crippen molar-refractivity contribution in [2.75, 3.05) is 49.1 Å². The molecule has 3 heterocycles. The van der Waals surface area contributed by atoms with Gasteiger partial charge in [0.15, 0.2) is 0 Å². The van der Waals surface area contributed by atoms with Crippen LogP contribution in [0.1, 0.15) is 36.1 Å². The zero-order chi connectivity index (χ0) is 27.0. The number of amides is 1. The highest BCUT2D eigenvalue weighted by molar-refractivity contribution is 7.09. The Bertz CT molecular complexity index is 1330. The van der Waals surface area contributed by atoms with Crippen LogP contribution < -0.4 is 14.5 Å². The summed E-state index contributed by atoms with van der Waals surface area (Å²) < 4.78 is 16.0. The number of rotatable bonds is 11. The number of furan rings is 1. The van der Waals surface area contributed by atoms with Crippen LogP contribution in [0.2, 0.25) is 0 Å². The van der Waals surface area contributed by atoms with Crippen molar-refractivity contribution in [1.82, 2.24) is 14.3 Å². The Morgan fingerprint density at radius 2 is 1.85 bits per heavy atom. The molecule has 9 heteroatoms. The molecule has 0 N–H and O–H groups in total. The topological polar surface area (TPSA) is 74.9 Å². The summed E-state index contributed by atoms with van der Waals surface area (Å²) >= 11 is 1.37. The number of anilines is 2. The van der Waals surface area contributed by atoms with E-state index in [4.69, 9.17) is 14.1 Å². The smallest absolute Gasteiger partial charge is 0.224 e. The van der Waals surface area contributed by atoms with Gasteiger partial charge in [-0.15, -0.1) is 0 Å². The molecule has 0 atom stereocenters. The third-order valence-corrected chi connectivity index (χ3v) is 7.69. The van der Waals surface area contributed by atoms with Crippen molar-refractivity contribution in [2.24, 2.45) is 0 Å². The largest absolute Gasteiger partial charge is 0.492 e. The van der Waals surface area contributed by atoms with Crippen molar-refractivity contribution in [3.05, 3.63) is 89.6 Å². The van der Waals surface area contributed by atoms with E-state index in [-0.39, 0.29) is 5.91 Å². The van der Waals surface area contributed by atoms with Crippen molar-refractivity contribution < 1.29 is 13.9 Å². The number of piperazine rings is 1. The van der Waals surface area contributed by atoms with Crippen LogP contribution in [0, 0.1) is 6.92 Å². The molecule has 1 amide bonds. The van der Waals surface area contributed by atoms with Gasteiger partial charge in [0.2, 0.25) is 11.0 Å². The van der Waals surface area contributed by atoms with Crippen molar-refractivity contribution in [2.45, 2.75) is 33.2 Å². The average molecular weight is 546 g/mol. The highest BCUT2D eigenvalue weighted by Gasteiger charge is 2.24. The molecule has 2 aromatic heterocycles. The number of hydrogen-bond acceptors (Lipinski definition) is 8. The Hall–Kier alpha value is -3.85. The summed E-state index contributed by atoms with van der Waals surface area (Å²) in [6.45, 7) is 8.75. The third kappa shape index (κ3) is 6.97. The quantitative estimate of drug-likeness (QED) is 0.257. The number of aryl methyl sites for hydroxylation is 1. The molecule has 0 radical (unpaired) electrons. The SMILES string of the molecule is CCOc1ccccc1N1CCN(C(=O)CCN(Cc2ccco2)c2nc(Cc3ccc(C)cc3)ns2)CC1. The lowest BCUT2D eigenvalue weighted by Gasteiger charge is -2.37. The molecule has 39 heavy (non-hydrogen) atoms. The second-order valence-corrected chi connectivity index (χ2v) is 10.4. The first-order chi connectivity index (χ1) is 19.1. The number of carbonyl (C=O) groups excluding carboxylic acids is 1. The maximum Gasteiger partial charge on any atom is 0.224 e. The summed E-state index contributed by atoms with van der Waals surface area (Å²) in [6.07, 6.45) is 2.76. The molecule has 8 nitrogen and oxygen atoms in total. The number of hydrogen-bond donors (Lipinski definition) is 0. The summed E-state index contributed by atoms with van der Waals surface area (Å²) in [7, 11) is 0. The zero-order valence-corrected chi connectivity index (χ0v) is 23.4. The summed E-state index contributed by atoms with van der Waals surface area (Å²) in [5.74, 6) is 2.67. The molecule has 204 valence electrons. The van der Waals surface area contributed by atoms with Crippen molar-refractivity contribution >= 4 is 28.3 Å². The minimum atomic E-state index is 0.154. The maximum atomic E-state index is 13.2. The number of nitrogens with zero attached hydrogens (tertiary/aromatic N) is 5. The number of aromatic nitrogens is 2. The van der Waals surface area contributed by atoms with E-state index in [1.165, 1.54) is 22.7 Å². The molecule has 1 fully saturated rings. The van der Waals surface area contributed by atoms with E-state index < -0.39 is 0 Å². The van der Waals surface area contributed by atoms with E-state index in [0.717, 1.165) is 41.2 Å². The Morgan fingerprint density at radius 1 is 1.05 bits per heavy atom. The monoisotopic (exact) mass is 545 g/mol. The second-order valence-electron chi connectivity index (χ2n) is 9.68. The van der Waals surface area contributed by atoms with Crippen LogP contribution in [0.4, 0.5) is 10.8 Å². The number of ether oxygens (including phenoxy) is 1. The first-order valence-corrected chi connectivity index (χ1v) is 14.3. The van der Waals surface area contributed by atoms with Crippen LogP contribution in [-0.4, -0.2) is 59.5 Å². The van der Waals surface area contributed by atoms with E-state index in [1.54, 1.807) is 6.26 Å². The highest BCUT2D eigenvalue weighted by Crippen LogP contribution is 2.29. The second kappa shape index (κ2) is 12.8. The minimum Gasteiger partial charge on any atom is -0.492 e. The predicted molar refractivity (Wildman–Crippen MR) is 155 cm³/mol. The van der Waals surface area contributed by atoms with Gasteiger partial charge < -0.3 is 23.9 Å². The maximum absolute atomic E-state index is 13.2. The van der Waals surface area contributed by atoms with Gasteiger partial charge in [-0.2, -0.15) is 4.37 Å². The van der Waals surface area contributed by atoms with Gasteiger partial charge in [-0.05, 0) is 43.7 Å². The van der Waals surface area contributed by atoms with Gasteiger partial charge in [-0.1, -0.05) is 42.0 Å². The van der Waals surface area contributed by atoms with E-state index in [1.807, 2.05) is 42.2 Å². The Kier molecular flexibility index (Phi) is 8.78. The van der Waals surface area contributed by atoms with Crippen LogP contribution in [0.3, 0.4) is 0 Å². The molecule has 0 spiro atoms. The zero-order valence-electron chi connectivity index (χ0n) is 22.6. The number of para-hydroxylation sites is 2. The van der Waals surface area contributed by atoms with Gasteiger partial charge in [-0.3, -0.25) is 4.79 Å². The fraction of sp³-hybridized carbons (Fsp3) is 0.367. The molecule has 0 saturated carbocycles. The Morgan fingerprint density at radius 3 is 2.59 bits per heavy atom. The summed E-state index contributed by atoms with van der Waals surface area (Å²) in [5.41, 5.74) is 3.51. The molecule has 5 rings (SSSR count). The van der Waals surface area contributed by atoms with Gasteiger partial charge >= 0.3 is 0 Å². The van der Waals surface area contributed by atoms with E-state index >= 15 is 0 Å². The summed E-state index contributed by atoms with van der Waals surface area (Å²) in [5, 5.41) is 0.804. The predicted octanol–water partition coefficient (Wildman–Crippen LogP) is 5.17. The van der Waals surface area contributed by atoms with Gasteiger partial charge in [0, 0.05) is 57.1 Å². The lowest BCUT2D eigenvalue weighted by Crippen LogP contribution is -2.49. The number of carbonyl (C=O) groups is 1. The van der Waals surface area contributed by atoms with Gasteiger partial charge in [0.25, 0.3) is 0 Å². The first-order valence-electron chi connectivity index (χ1n) is 13.5. The van der Waals surface area contributed by atoms with Crippen LogP contribution >= 0.6 is 11.5 Å². The van der Waals surface area contributed by atoms with Gasteiger partial charge in [0.1, 0.15) is 17.3 Å². The molecule has 0 bridgehead atoms. The molecule has 1 aliphatic rings. The Balaban J connectivity index is 1.19. The van der Waals surface area contributed by atoms with E-state index in [9.17, 15) is 4.79 Å². The van der Waals surface area contributed by atoms with Gasteiger partial charge in [-0.25, -0.2) is 4.98 Å². The average Bonchev–Trinajstić information content (AvgIpc) is 3.65. The first kappa shape index (κ1) is 26.7. The highest BCUT2D eigenvalue weighted by atomic mass is 32.1. The molecule has 1 aliphatic heterocycles. The van der Waals surface area contributed by atoms with Gasteiger partial charge in [0.05, 0.1) is 25.1 Å². The Labute approximate surface area is 234 Å². The van der Waals surface area contributed by atoms with Crippen LogP contribution in [0.25, 0.3) is 0 Å². The molecule has 0 unspecified atom stereocenters. The van der Waals surface area contributed by atoms with Crippen LogP contribution in [0.5, 0.6) is 5.75 Å². The lowest BCUT2D eigenvalue weighted by molar-refractivity contribution is -0.131. The molecular weight excluding hydrogens is 510 g/mol. The third-order valence-electron chi connectivity index (χ3n) is 6.87. The standard InChI is InChI=1S/C30H35N5O3S/c1-3-37-27-9-5-4-8-26(27)33-16-18-34(19-17-33)29(36)14-15-35(22-25-7-6-20-38-25)30-31-28(32-39-30)21-24-12-10-23(2)11-13-24/h4-13,20H,3,14-19,21-22H2,1-2H3. The fourth-order valence-electron chi connectivity index (χ4n) is 4.75. The van der Waals surface area contributed by atoms with Crippen LogP contribution in [-0.2, 0) is 17.8 Å². The van der Waals surface area contributed by atoms with E-state index in [0.29, 0.717) is 45.6 Å². The van der Waals surface area contributed by atoms with Crippen molar-refractivity contribution in [1.29, 1.82) is 0 Å². The summed E-state index contributed by atoms with van der Waals surface area (Å²) in [4.78, 5) is 24.4. The fourth-order valence-corrected chi connectivity index (χ4v) is 5.46. The van der Waals surface area contributed by atoms with Crippen molar-refractivity contribution in [3.63, 3.8) is 0 Å². The molecule has 4 aromatic rings. The lowest BCUT2D eigenvalue weighted by atomic mass is 10.1. The molecule has 0 aliphatic carbocycles. The summed E-state index contributed by atoms with van der Waals surface area (Å²) in [6, 6.07) is 20.4. The number of benzene rings is 2. The molecule has 2 aromatic carbocycles. The van der Waals surface area contributed by atoms with Crippen LogP contribution in [0.15, 0.2) is 71.3 Å². The minimum absolute atomic E-state index is 0.154. The molecule has 1 saturated heterocycles. The molecular formula is C30H35N5O3S. The van der Waals surface area contributed by atoms with Crippen molar-refractivity contribution in [3.8, 4) is 5.75 Å². The van der Waals surface area contributed by atoms with E-state index in [2.05, 4.69) is 51.4 Å². The normalized spacial score (nSPS) is 13.5.